The van der Waals surface area contributed by atoms with Gasteiger partial charge in [0.25, 0.3) is 0 Å². The van der Waals surface area contributed by atoms with Gasteiger partial charge in [0, 0.05) is 0 Å². The number of hydrogen-bond donors (Lipinski definition) is 0. The van der Waals surface area contributed by atoms with Gasteiger partial charge in [0.2, 0.25) is 0 Å². The molecule has 0 N–H and O–H groups in total. The molecule has 0 radical (unpaired) electrons. The van der Waals surface area contributed by atoms with Crippen molar-refractivity contribution in [2.45, 2.75) is 25.2 Å². The Balaban J connectivity index is 1.60. The van der Waals surface area contributed by atoms with Crippen LogP contribution < -0.4 is 8.79 Å². The van der Waals surface area contributed by atoms with E-state index in [1.807, 2.05) is 18.2 Å². The molecule has 0 fully saturated rings. The predicted molar refractivity (Wildman–Crippen MR) is 129 cm³/mol. The average molecular weight is 456 g/mol. The third-order valence-electron chi connectivity index (χ3n) is 6.38. The Morgan fingerprint density at radius 2 is 1.63 bits per heavy atom. The van der Waals surface area contributed by atoms with E-state index >= 15 is 0 Å². The molecule has 1 aliphatic rings. The monoisotopic (exact) mass is 457 g/mol. The molecule has 0 amide bonds. The second kappa shape index (κ2) is 6.08. The van der Waals surface area contributed by atoms with Crippen LogP contribution in [-0.4, -0.2) is 18.3 Å². The summed E-state index contributed by atoms with van der Waals surface area (Å²) in [4.78, 5) is 4.36. The number of aromatic nitrogens is 1. The van der Waals surface area contributed by atoms with Crippen LogP contribution in [0, 0.1) is 13.7 Å². The summed E-state index contributed by atoms with van der Waals surface area (Å²) in [5.74, 6) is 4.80. The van der Waals surface area contributed by atoms with Gasteiger partial charge in [-0.15, -0.1) is 0 Å². The number of nitrogens with zero attached hydrogens (tertiary/aromatic N) is 1. The molecule has 0 saturated carbocycles. The fourth-order valence-electron chi connectivity index (χ4n) is 4.80. The first kappa shape index (κ1) is 12.8. The van der Waals surface area contributed by atoms with E-state index in [2.05, 4.69) is 52.9 Å². The molecule has 3 heterocycles. The van der Waals surface area contributed by atoms with Crippen molar-refractivity contribution in [1.82, 2.24) is 4.98 Å². The van der Waals surface area contributed by atoms with Crippen LogP contribution in [0.2, 0.25) is 11.5 Å². The second-order valence-electron chi connectivity index (χ2n) is 8.46. The molecule has 1 aliphatic heterocycles. The number of aryl methyl sites for hydroxylation is 2. The van der Waals surface area contributed by atoms with Crippen molar-refractivity contribution in [3.63, 3.8) is 0 Å². The van der Waals surface area contributed by atoms with Crippen LogP contribution in [0.5, 0.6) is 0 Å². The van der Waals surface area contributed by atoms with Crippen molar-refractivity contribution in [2.24, 2.45) is 0 Å². The molecular weight excluding hydrogens is 427 g/mol. The SMILES string of the molecule is [2H]C([2H])([2H])c1cnc(-c2cccc3c2oc2c[c]4c(cc23)-c2cccc[c]2[Ge]4([CH3])[CH3])cc1C([2H])([2H])[2H]. The molecule has 0 bridgehead atoms. The van der Waals surface area contributed by atoms with Gasteiger partial charge in [-0.2, -0.15) is 0 Å². The maximum atomic E-state index is 7.91. The van der Waals surface area contributed by atoms with Crippen LogP contribution >= 0.6 is 0 Å². The van der Waals surface area contributed by atoms with Crippen LogP contribution in [0.4, 0.5) is 0 Å². The Bertz CT molecular complexity index is 1700. The van der Waals surface area contributed by atoms with Gasteiger partial charge in [-0.3, -0.25) is 0 Å². The zero-order valence-corrected chi connectivity index (χ0v) is 18.8. The van der Waals surface area contributed by atoms with Gasteiger partial charge < -0.3 is 0 Å². The Morgan fingerprint density at radius 3 is 2.50 bits per heavy atom. The Morgan fingerprint density at radius 1 is 0.800 bits per heavy atom. The molecule has 5 aromatic rings. The van der Waals surface area contributed by atoms with Crippen LogP contribution in [0.15, 0.2) is 71.3 Å². The normalized spacial score (nSPS) is 18.1. The molecule has 0 saturated heterocycles. The molecule has 30 heavy (non-hydrogen) atoms. The number of fused-ring (bicyclic) bond motifs is 6. The summed E-state index contributed by atoms with van der Waals surface area (Å²) in [5.41, 5.74) is 4.49. The van der Waals surface area contributed by atoms with E-state index in [4.69, 9.17) is 12.6 Å². The van der Waals surface area contributed by atoms with Crippen molar-refractivity contribution in [2.75, 3.05) is 0 Å². The first-order valence-corrected chi connectivity index (χ1v) is 16.3. The summed E-state index contributed by atoms with van der Waals surface area (Å²) < 4.78 is 56.3. The van der Waals surface area contributed by atoms with Gasteiger partial charge in [0.15, 0.2) is 0 Å². The number of benzene rings is 3. The van der Waals surface area contributed by atoms with Crippen molar-refractivity contribution in [1.29, 1.82) is 0 Å². The van der Waals surface area contributed by atoms with Crippen LogP contribution in [0.1, 0.15) is 19.4 Å². The van der Waals surface area contributed by atoms with Gasteiger partial charge >= 0.3 is 187 Å². The fraction of sp³-hybridized carbons (Fsp3) is 0.148. The molecule has 2 aromatic heterocycles. The summed E-state index contributed by atoms with van der Waals surface area (Å²) in [6.07, 6.45) is 1.16. The van der Waals surface area contributed by atoms with Gasteiger partial charge in [-0.1, -0.05) is 0 Å². The van der Waals surface area contributed by atoms with E-state index in [-0.39, 0.29) is 11.1 Å². The summed E-state index contributed by atoms with van der Waals surface area (Å²) in [6.45, 7) is -5.16. The summed E-state index contributed by atoms with van der Waals surface area (Å²) in [5, 5.41) is 1.91. The fourth-order valence-corrected chi connectivity index (χ4v) is 11.2. The molecule has 0 spiro atoms. The zero-order valence-electron chi connectivity index (χ0n) is 22.7. The van der Waals surface area contributed by atoms with Crippen molar-refractivity contribution in [3.05, 3.63) is 78.0 Å². The number of pyridine rings is 1. The van der Waals surface area contributed by atoms with Crippen LogP contribution in [-0.2, 0) is 0 Å². The molecule has 0 aliphatic carbocycles. The number of para-hydroxylation sites is 1. The molecule has 146 valence electrons. The quantitative estimate of drug-likeness (QED) is 0.287. The van der Waals surface area contributed by atoms with Crippen LogP contribution in [0.25, 0.3) is 44.3 Å². The van der Waals surface area contributed by atoms with E-state index in [0.29, 0.717) is 16.8 Å². The number of hydrogen-bond acceptors (Lipinski definition) is 2. The van der Waals surface area contributed by atoms with Crippen molar-refractivity contribution >= 4 is 44.0 Å². The minimum absolute atomic E-state index is 0.217. The second-order valence-corrected chi connectivity index (χ2v) is 17.5. The predicted octanol–water partition coefficient (Wildman–Crippen LogP) is 6.07. The molecule has 6 rings (SSSR count). The Hall–Kier alpha value is -2.85. The average Bonchev–Trinajstić information content (AvgIpc) is 3.29. The third-order valence-corrected chi connectivity index (χ3v) is 13.8. The Labute approximate surface area is 187 Å². The summed E-state index contributed by atoms with van der Waals surface area (Å²) in [7, 11) is 0. The molecule has 3 heteroatoms. The van der Waals surface area contributed by atoms with Gasteiger partial charge in [-0.05, 0) is 0 Å². The van der Waals surface area contributed by atoms with E-state index in [1.54, 1.807) is 0 Å². The molecule has 0 unspecified atom stereocenters. The molecule has 3 aromatic carbocycles. The standard InChI is InChI=1S/C27H23GeNO/c1-16-12-25(29-15-17(16)2)20-10-7-9-19-22-13-21-18-8-5-6-11-23(18)28(3,4)24(21)14-26(22)30-27(19)20/h5-15H,1-4H3/i1D3,2D3. The van der Waals surface area contributed by atoms with Crippen LogP contribution in [0.3, 0.4) is 0 Å². The summed E-state index contributed by atoms with van der Waals surface area (Å²) in [6, 6.07) is 20.1. The number of furan rings is 1. The molecular formula is C27H23GeNO. The Kier molecular flexibility index (Phi) is 2.59. The molecule has 2 nitrogen and oxygen atoms in total. The van der Waals surface area contributed by atoms with Gasteiger partial charge in [0.05, 0.1) is 0 Å². The summed E-state index contributed by atoms with van der Waals surface area (Å²) >= 11 is -2.46. The van der Waals surface area contributed by atoms with Gasteiger partial charge in [-0.25, -0.2) is 0 Å². The van der Waals surface area contributed by atoms with Crippen molar-refractivity contribution in [3.8, 4) is 22.4 Å². The van der Waals surface area contributed by atoms with E-state index in [9.17, 15) is 0 Å². The topological polar surface area (TPSA) is 26.0 Å². The van der Waals surface area contributed by atoms with E-state index < -0.39 is 27.0 Å². The van der Waals surface area contributed by atoms with Gasteiger partial charge in [0.1, 0.15) is 0 Å². The maximum absolute atomic E-state index is 7.91. The first-order chi connectivity index (χ1) is 16.9. The first-order valence-electron chi connectivity index (χ1n) is 13.0. The molecule has 0 atom stereocenters. The third kappa shape index (κ3) is 2.34. The number of rotatable bonds is 1. The van der Waals surface area contributed by atoms with E-state index in [0.717, 1.165) is 22.6 Å². The zero-order chi connectivity index (χ0) is 25.6. The van der Waals surface area contributed by atoms with Crippen molar-refractivity contribution < 1.29 is 12.6 Å². The van der Waals surface area contributed by atoms with E-state index in [1.165, 1.54) is 26.0 Å². The minimum atomic E-state index is -2.59.